The van der Waals surface area contributed by atoms with Gasteiger partial charge in [0.15, 0.2) is 6.29 Å². The molecule has 0 aromatic carbocycles. The normalized spacial score (nSPS) is 55.5. The molecule has 47 heavy (non-hydrogen) atoms. The van der Waals surface area contributed by atoms with Gasteiger partial charge in [-0.05, 0) is 90.8 Å². The van der Waals surface area contributed by atoms with Gasteiger partial charge in [0.1, 0.15) is 24.4 Å². The third-order valence-electron chi connectivity index (χ3n) is 15.4. The van der Waals surface area contributed by atoms with E-state index >= 15 is 0 Å². The fraction of sp³-hybridized carbons (Fsp3) is 0.917. The van der Waals surface area contributed by atoms with Crippen LogP contribution in [-0.4, -0.2) is 109 Å². The molecule has 6 rings (SSSR count). The van der Waals surface area contributed by atoms with Gasteiger partial charge < -0.3 is 50.3 Å². The molecular weight excluding hydrogens is 608 g/mol. The van der Waals surface area contributed by atoms with Crippen molar-refractivity contribution >= 4 is 5.97 Å². The lowest BCUT2D eigenvalue weighted by molar-refractivity contribution is -0.345. The molecule has 268 valence electrons. The Labute approximate surface area is 278 Å². The predicted octanol–water partition coefficient (Wildman–Crippen LogP) is 1.97. The standard InChI is InChI=1S/C36H58O11/c1-31(2)13-19-18-7-8-23-32(3)14-20(39)28(47-29-27(43)26(42)25(41)21(16-37)46-29)33(4,17-38)22(32)9-10-35(23,6)34(18,5)11-12-36(19,30(44)45)15-24(31)40/h7,19-29,37-43H,8-17H2,1-6H3,(H,44,45)/t19-,20-,21-,22?,23-,24+,25-,26+,27-,28+,29+,32+,33+,34-,35-,36-/m1/s1. The third kappa shape index (κ3) is 4.74. The number of aliphatic hydroxyl groups is 7. The van der Waals surface area contributed by atoms with Gasteiger partial charge in [-0.1, -0.05) is 53.2 Å². The summed E-state index contributed by atoms with van der Waals surface area (Å²) in [6.07, 6.45) is -3.01. The number of allylic oxidation sites excluding steroid dienone is 2. The van der Waals surface area contributed by atoms with Crippen molar-refractivity contribution in [2.75, 3.05) is 13.2 Å². The Morgan fingerprint density at radius 3 is 2.19 bits per heavy atom. The molecule has 5 fully saturated rings. The highest BCUT2D eigenvalue weighted by atomic mass is 16.7. The number of carboxylic acid groups (broad SMARTS) is 1. The average molecular weight is 667 g/mol. The zero-order valence-electron chi connectivity index (χ0n) is 28.8. The molecule has 16 atom stereocenters. The molecule has 1 aliphatic heterocycles. The highest BCUT2D eigenvalue weighted by Gasteiger charge is 2.71. The van der Waals surface area contributed by atoms with E-state index in [9.17, 15) is 45.6 Å². The van der Waals surface area contributed by atoms with E-state index < -0.39 is 83.3 Å². The molecule has 0 spiro atoms. The van der Waals surface area contributed by atoms with Gasteiger partial charge in [0, 0.05) is 5.41 Å². The van der Waals surface area contributed by atoms with Gasteiger partial charge in [0.05, 0.1) is 36.9 Å². The van der Waals surface area contributed by atoms with E-state index in [0.717, 1.165) is 19.3 Å². The van der Waals surface area contributed by atoms with Crippen molar-refractivity contribution in [2.45, 2.75) is 142 Å². The molecule has 0 radical (unpaired) electrons. The number of aliphatic carboxylic acids is 1. The second kappa shape index (κ2) is 11.4. The van der Waals surface area contributed by atoms with Crippen molar-refractivity contribution < 1.29 is 55.1 Å². The Hall–Kier alpha value is -1.15. The number of aliphatic hydroxyl groups excluding tert-OH is 7. The van der Waals surface area contributed by atoms with Crippen LogP contribution in [0.4, 0.5) is 0 Å². The summed E-state index contributed by atoms with van der Waals surface area (Å²) in [4.78, 5) is 13.0. The number of hydrogen-bond donors (Lipinski definition) is 8. The SMILES string of the molecule is CC1(C)C[C@@H]2C3=CC[C@@H]4[C@@]5(C)C[C@@H](O)[C@H](O[C@@H]6O[C@H](CO)[C@@H](O)[C@H](O)[C@H]6O)[C@@](C)(CO)C5CC[C@@]4(C)[C@]3(C)CC[C@@]2(C(=O)O)C[C@@H]1O. The summed E-state index contributed by atoms with van der Waals surface area (Å²) < 4.78 is 11.9. The van der Waals surface area contributed by atoms with Crippen LogP contribution in [0.5, 0.6) is 0 Å². The quantitative estimate of drug-likeness (QED) is 0.158. The molecule has 0 aromatic rings. The first-order valence-electron chi connectivity index (χ1n) is 17.6. The molecule has 4 saturated carbocycles. The largest absolute Gasteiger partial charge is 0.481 e. The molecule has 0 aromatic heterocycles. The molecule has 11 nitrogen and oxygen atoms in total. The minimum absolute atomic E-state index is 0.0830. The van der Waals surface area contributed by atoms with Gasteiger partial charge in [-0.2, -0.15) is 0 Å². The smallest absolute Gasteiger partial charge is 0.310 e. The molecule has 1 heterocycles. The van der Waals surface area contributed by atoms with Crippen molar-refractivity contribution in [1.82, 2.24) is 0 Å². The Bertz CT molecular complexity index is 1270. The molecule has 1 unspecified atom stereocenters. The number of hydrogen-bond acceptors (Lipinski definition) is 10. The zero-order valence-corrected chi connectivity index (χ0v) is 28.8. The topological polar surface area (TPSA) is 197 Å². The molecular formula is C36H58O11. The van der Waals surface area contributed by atoms with E-state index in [0.29, 0.717) is 25.7 Å². The minimum atomic E-state index is -1.62. The van der Waals surface area contributed by atoms with Crippen LogP contribution in [0.2, 0.25) is 0 Å². The van der Waals surface area contributed by atoms with Crippen molar-refractivity contribution in [2.24, 2.45) is 50.2 Å². The van der Waals surface area contributed by atoms with Crippen LogP contribution in [0.1, 0.15) is 92.9 Å². The lowest BCUT2D eigenvalue weighted by Gasteiger charge is -2.72. The molecule has 1 saturated heterocycles. The van der Waals surface area contributed by atoms with E-state index in [-0.39, 0.29) is 41.6 Å². The van der Waals surface area contributed by atoms with Crippen LogP contribution in [0.15, 0.2) is 11.6 Å². The fourth-order valence-corrected chi connectivity index (χ4v) is 12.3. The minimum Gasteiger partial charge on any atom is -0.481 e. The fourth-order valence-electron chi connectivity index (χ4n) is 12.3. The van der Waals surface area contributed by atoms with Crippen molar-refractivity contribution in [3.63, 3.8) is 0 Å². The highest BCUT2D eigenvalue weighted by molar-refractivity contribution is 5.77. The second-order valence-corrected chi connectivity index (χ2v) is 17.9. The lowest BCUT2D eigenvalue weighted by Crippen LogP contribution is -2.69. The Morgan fingerprint density at radius 1 is 0.894 bits per heavy atom. The summed E-state index contributed by atoms with van der Waals surface area (Å²) >= 11 is 0. The van der Waals surface area contributed by atoms with Crippen LogP contribution in [0.25, 0.3) is 0 Å². The number of carbonyl (C=O) groups is 1. The number of ether oxygens (including phenoxy) is 2. The van der Waals surface area contributed by atoms with Gasteiger partial charge in [0.2, 0.25) is 0 Å². The van der Waals surface area contributed by atoms with E-state index in [1.54, 1.807) is 0 Å². The summed E-state index contributed by atoms with van der Waals surface area (Å²) in [5.41, 5.74) is -2.05. The van der Waals surface area contributed by atoms with Gasteiger partial charge in [-0.3, -0.25) is 4.79 Å². The van der Waals surface area contributed by atoms with Gasteiger partial charge in [-0.15, -0.1) is 0 Å². The molecule has 0 bridgehead atoms. The van der Waals surface area contributed by atoms with Crippen LogP contribution < -0.4 is 0 Å². The second-order valence-electron chi connectivity index (χ2n) is 17.9. The lowest BCUT2D eigenvalue weighted by atomic mass is 9.33. The van der Waals surface area contributed by atoms with Gasteiger partial charge >= 0.3 is 5.97 Å². The maximum Gasteiger partial charge on any atom is 0.310 e. The molecule has 6 aliphatic rings. The van der Waals surface area contributed by atoms with E-state index in [1.807, 2.05) is 20.8 Å². The summed E-state index contributed by atoms with van der Waals surface area (Å²) in [5.74, 6) is -0.949. The Kier molecular flexibility index (Phi) is 8.68. The molecule has 8 N–H and O–H groups in total. The van der Waals surface area contributed by atoms with Gasteiger partial charge in [0.25, 0.3) is 0 Å². The van der Waals surface area contributed by atoms with Crippen LogP contribution in [0, 0.1) is 50.2 Å². The van der Waals surface area contributed by atoms with E-state index in [2.05, 4.69) is 26.8 Å². The number of fused-ring (bicyclic) bond motifs is 7. The first-order chi connectivity index (χ1) is 21.8. The molecule has 11 heteroatoms. The summed E-state index contributed by atoms with van der Waals surface area (Å²) in [7, 11) is 0. The van der Waals surface area contributed by atoms with Gasteiger partial charge in [-0.25, -0.2) is 0 Å². The Balaban J connectivity index is 1.34. The highest BCUT2D eigenvalue weighted by Crippen LogP contribution is 2.76. The van der Waals surface area contributed by atoms with Crippen molar-refractivity contribution in [3.8, 4) is 0 Å². The van der Waals surface area contributed by atoms with Crippen molar-refractivity contribution in [1.29, 1.82) is 0 Å². The first-order valence-corrected chi connectivity index (χ1v) is 17.6. The zero-order chi connectivity index (χ0) is 34.7. The van der Waals surface area contributed by atoms with Crippen molar-refractivity contribution in [3.05, 3.63) is 11.6 Å². The Morgan fingerprint density at radius 2 is 1.57 bits per heavy atom. The molecule has 5 aliphatic carbocycles. The van der Waals surface area contributed by atoms with Crippen LogP contribution >= 0.6 is 0 Å². The van der Waals surface area contributed by atoms with Crippen LogP contribution in [-0.2, 0) is 14.3 Å². The third-order valence-corrected chi connectivity index (χ3v) is 15.4. The van der Waals surface area contributed by atoms with E-state index in [1.165, 1.54) is 5.57 Å². The first kappa shape index (κ1) is 35.7. The number of rotatable bonds is 5. The molecule has 0 amide bonds. The predicted molar refractivity (Wildman–Crippen MR) is 170 cm³/mol. The summed E-state index contributed by atoms with van der Waals surface area (Å²) in [6.45, 7) is 12.0. The van der Waals surface area contributed by atoms with E-state index in [4.69, 9.17) is 9.47 Å². The average Bonchev–Trinajstić information content (AvgIpc) is 3.00. The summed E-state index contributed by atoms with van der Waals surface area (Å²) in [5, 5.41) is 85.7. The number of carboxylic acids is 1. The van der Waals surface area contributed by atoms with Crippen LogP contribution in [0.3, 0.4) is 0 Å². The summed E-state index contributed by atoms with van der Waals surface area (Å²) in [6, 6.07) is 0. The monoisotopic (exact) mass is 666 g/mol. The maximum atomic E-state index is 13.0. The maximum absolute atomic E-state index is 13.0.